The smallest absolute Gasteiger partial charge is 0.138 e. The number of halogens is 1. The van der Waals surface area contributed by atoms with E-state index in [2.05, 4.69) is 15.5 Å². The molecule has 0 atom stereocenters. The molecule has 13 heavy (non-hydrogen) atoms. The minimum absolute atomic E-state index is 0. The zero-order valence-corrected chi connectivity index (χ0v) is 8.15. The lowest BCUT2D eigenvalue weighted by atomic mass is 9.92. The molecule has 1 heterocycles. The molecule has 1 aliphatic carbocycles. The maximum atomic E-state index is 5.79. The molecular weight excluding hydrogens is 190 g/mol. The quantitative estimate of drug-likeness (QED) is 0.723. The number of rotatable bonds is 1. The van der Waals surface area contributed by atoms with Crippen LogP contribution in [0.4, 0.5) is 0 Å². The SMILES string of the molecule is Cl.NC1CCC(n2cnnn2)CC1. The molecule has 0 bridgehead atoms. The lowest BCUT2D eigenvalue weighted by molar-refractivity contribution is 0.300. The van der Waals surface area contributed by atoms with Crippen molar-refractivity contribution in [3.05, 3.63) is 6.33 Å². The van der Waals surface area contributed by atoms with Crippen LogP contribution < -0.4 is 5.73 Å². The normalized spacial score (nSPS) is 28.1. The third-order valence-electron chi connectivity index (χ3n) is 2.48. The maximum absolute atomic E-state index is 5.79. The van der Waals surface area contributed by atoms with Gasteiger partial charge in [-0.1, -0.05) is 0 Å². The Kier molecular flexibility index (Phi) is 3.62. The van der Waals surface area contributed by atoms with Gasteiger partial charge >= 0.3 is 0 Å². The second-order valence-corrected chi connectivity index (χ2v) is 3.36. The summed E-state index contributed by atoms with van der Waals surface area (Å²) in [5.41, 5.74) is 5.79. The first-order chi connectivity index (χ1) is 5.86. The average molecular weight is 204 g/mol. The third kappa shape index (κ3) is 2.38. The van der Waals surface area contributed by atoms with Gasteiger partial charge in [0.25, 0.3) is 0 Å². The van der Waals surface area contributed by atoms with Gasteiger partial charge in [-0.3, -0.25) is 0 Å². The van der Waals surface area contributed by atoms with Gasteiger partial charge in [-0.15, -0.1) is 17.5 Å². The summed E-state index contributed by atoms with van der Waals surface area (Å²) in [5, 5.41) is 11.1. The van der Waals surface area contributed by atoms with E-state index in [1.54, 1.807) is 6.33 Å². The standard InChI is InChI=1S/C7H13N5.ClH/c8-6-1-3-7(4-2-6)12-5-9-10-11-12;/h5-7H,1-4,8H2;1H. The lowest BCUT2D eigenvalue weighted by Gasteiger charge is -2.25. The first-order valence-corrected chi connectivity index (χ1v) is 4.34. The van der Waals surface area contributed by atoms with Crippen molar-refractivity contribution in [2.24, 2.45) is 5.73 Å². The van der Waals surface area contributed by atoms with Crippen molar-refractivity contribution in [2.45, 2.75) is 37.8 Å². The van der Waals surface area contributed by atoms with E-state index in [0.717, 1.165) is 25.7 Å². The molecule has 2 rings (SSSR count). The van der Waals surface area contributed by atoms with Crippen LogP contribution in [0.2, 0.25) is 0 Å². The summed E-state index contributed by atoms with van der Waals surface area (Å²) in [4.78, 5) is 0. The Morgan fingerprint density at radius 3 is 2.46 bits per heavy atom. The van der Waals surface area contributed by atoms with Gasteiger partial charge in [0.05, 0.1) is 6.04 Å². The highest BCUT2D eigenvalue weighted by atomic mass is 35.5. The zero-order chi connectivity index (χ0) is 8.39. The number of hydrogen-bond acceptors (Lipinski definition) is 4. The number of nitrogens with two attached hydrogens (primary N) is 1. The van der Waals surface area contributed by atoms with Crippen LogP contribution in [-0.2, 0) is 0 Å². The van der Waals surface area contributed by atoms with Crippen LogP contribution in [0.25, 0.3) is 0 Å². The highest BCUT2D eigenvalue weighted by molar-refractivity contribution is 5.85. The van der Waals surface area contributed by atoms with Crippen molar-refractivity contribution in [1.29, 1.82) is 0 Å². The summed E-state index contributed by atoms with van der Waals surface area (Å²) >= 11 is 0. The molecule has 1 fully saturated rings. The largest absolute Gasteiger partial charge is 0.328 e. The number of aromatic nitrogens is 4. The maximum Gasteiger partial charge on any atom is 0.138 e. The molecule has 1 saturated carbocycles. The summed E-state index contributed by atoms with van der Waals surface area (Å²) in [6.07, 6.45) is 6.06. The Morgan fingerprint density at radius 1 is 1.23 bits per heavy atom. The van der Waals surface area contributed by atoms with Crippen LogP contribution in [0, 0.1) is 0 Å². The lowest BCUT2D eigenvalue weighted by Crippen LogP contribution is -2.28. The summed E-state index contributed by atoms with van der Waals surface area (Å²) in [7, 11) is 0. The highest BCUT2D eigenvalue weighted by Gasteiger charge is 2.20. The van der Waals surface area contributed by atoms with Crippen LogP contribution >= 0.6 is 12.4 Å². The molecule has 0 unspecified atom stereocenters. The van der Waals surface area contributed by atoms with E-state index >= 15 is 0 Å². The molecule has 0 radical (unpaired) electrons. The first-order valence-electron chi connectivity index (χ1n) is 4.34. The monoisotopic (exact) mass is 203 g/mol. The molecule has 0 aromatic carbocycles. The van der Waals surface area contributed by atoms with Crippen LogP contribution in [-0.4, -0.2) is 26.2 Å². The fourth-order valence-electron chi connectivity index (χ4n) is 1.70. The van der Waals surface area contributed by atoms with Crippen LogP contribution in [0.5, 0.6) is 0 Å². The second kappa shape index (κ2) is 4.53. The second-order valence-electron chi connectivity index (χ2n) is 3.36. The molecule has 0 aliphatic heterocycles. The van der Waals surface area contributed by atoms with Crippen molar-refractivity contribution in [3.8, 4) is 0 Å². The van der Waals surface area contributed by atoms with Gasteiger partial charge in [0.2, 0.25) is 0 Å². The van der Waals surface area contributed by atoms with Crippen LogP contribution in [0.1, 0.15) is 31.7 Å². The molecule has 0 amide bonds. The van der Waals surface area contributed by atoms with Crippen molar-refractivity contribution in [1.82, 2.24) is 20.2 Å². The molecule has 1 aromatic rings. The van der Waals surface area contributed by atoms with Gasteiger partial charge in [0.15, 0.2) is 0 Å². The Balaban J connectivity index is 0.000000845. The first kappa shape index (κ1) is 10.4. The van der Waals surface area contributed by atoms with Gasteiger partial charge in [0.1, 0.15) is 6.33 Å². The Bertz CT molecular complexity index is 229. The molecule has 1 aliphatic rings. The topological polar surface area (TPSA) is 69.6 Å². The Labute approximate surface area is 83.1 Å². The summed E-state index contributed by atoms with van der Waals surface area (Å²) in [6.45, 7) is 0. The van der Waals surface area contributed by atoms with Gasteiger partial charge in [-0.05, 0) is 36.1 Å². The minimum atomic E-state index is 0. The van der Waals surface area contributed by atoms with Crippen molar-refractivity contribution in [3.63, 3.8) is 0 Å². The van der Waals surface area contributed by atoms with Gasteiger partial charge in [-0.25, -0.2) is 4.68 Å². The van der Waals surface area contributed by atoms with Gasteiger partial charge in [0, 0.05) is 6.04 Å². The summed E-state index contributed by atoms with van der Waals surface area (Å²) in [5.74, 6) is 0. The van der Waals surface area contributed by atoms with Gasteiger partial charge < -0.3 is 5.73 Å². The van der Waals surface area contributed by atoms with Crippen molar-refractivity contribution in [2.75, 3.05) is 0 Å². The third-order valence-corrected chi connectivity index (χ3v) is 2.48. The molecule has 0 spiro atoms. The molecule has 1 aromatic heterocycles. The van der Waals surface area contributed by atoms with Crippen LogP contribution in [0.3, 0.4) is 0 Å². The number of nitrogens with zero attached hydrogens (tertiary/aromatic N) is 4. The van der Waals surface area contributed by atoms with E-state index in [-0.39, 0.29) is 12.4 Å². The fourth-order valence-corrected chi connectivity index (χ4v) is 1.70. The zero-order valence-electron chi connectivity index (χ0n) is 7.33. The average Bonchev–Trinajstić information content (AvgIpc) is 2.58. The number of hydrogen-bond donors (Lipinski definition) is 1. The van der Waals surface area contributed by atoms with Crippen molar-refractivity contribution < 1.29 is 0 Å². The Morgan fingerprint density at radius 2 is 1.92 bits per heavy atom. The summed E-state index contributed by atoms with van der Waals surface area (Å²) in [6, 6.07) is 0.859. The highest BCUT2D eigenvalue weighted by Crippen LogP contribution is 2.25. The number of tetrazole rings is 1. The van der Waals surface area contributed by atoms with E-state index in [9.17, 15) is 0 Å². The molecule has 2 N–H and O–H groups in total. The van der Waals surface area contributed by atoms with E-state index in [4.69, 9.17) is 5.73 Å². The van der Waals surface area contributed by atoms with E-state index in [1.807, 2.05) is 4.68 Å². The van der Waals surface area contributed by atoms with E-state index in [1.165, 1.54) is 0 Å². The van der Waals surface area contributed by atoms with Crippen LogP contribution in [0.15, 0.2) is 6.33 Å². The van der Waals surface area contributed by atoms with E-state index < -0.39 is 0 Å². The van der Waals surface area contributed by atoms with Crippen molar-refractivity contribution >= 4 is 12.4 Å². The summed E-state index contributed by atoms with van der Waals surface area (Å²) < 4.78 is 1.84. The molecular formula is C7H14ClN5. The Hall–Kier alpha value is -0.680. The fraction of sp³-hybridized carbons (Fsp3) is 0.857. The molecule has 0 saturated heterocycles. The van der Waals surface area contributed by atoms with E-state index in [0.29, 0.717) is 12.1 Å². The molecule has 74 valence electrons. The molecule has 5 nitrogen and oxygen atoms in total. The predicted molar refractivity (Wildman–Crippen MR) is 50.5 cm³/mol. The molecule has 6 heteroatoms. The van der Waals surface area contributed by atoms with Gasteiger partial charge in [-0.2, -0.15) is 0 Å². The minimum Gasteiger partial charge on any atom is -0.328 e. The predicted octanol–water partition coefficient (Wildman–Crippen LogP) is 0.537.